The molecular formula is C64H99NO13. The van der Waals surface area contributed by atoms with E-state index in [1.165, 1.54) is 0 Å². The summed E-state index contributed by atoms with van der Waals surface area (Å²) in [6, 6.07) is -0.972. The minimum Gasteiger partial charge on any atom is -0.394 e. The summed E-state index contributed by atoms with van der Waals surface area (Å²) in [6.07, 6.45) is 55.9. The van der Waals surface area contributed by atoms with Crippen LogP contribution < -0.4 is 5.32 Å². The number of ether oxygens (including phenoxy) is 4. The SMILES string of the molecule is CC/C=C\C/C=C\C/C=C\C/C=C\C/C=C\C/C=C\C/C=C\C/C=C\C/C=C\C/C=C\CCCCC(=O)NC(COC1OC(CO)C(OC2OC(CO)C(O)C(O)C2O)C(O)C1O)C(O)/C=C/CC/C=C/CC/C=C/CCC. The van der Waals surface area contributed by atoms with Crippen LogP contribution in [0.1, 0.15) is 142 Å². The third kappa shape index (κ3) is 32.6. The largest absolute Gasteiger partial charge is 0.394 e. The predicted octanol–water partition coefficient (Wildman–Crippen LogP) is 9.55. The van der Waals surface area contributed by atoms with Gasteiger partial charge >= 0.3 is 0 Å². The Bertz CT molecular complexity index is 1910. The Morgan fingerprint density at radius 3 is 1.35 bits per heavy atom. The lowest BCUT2D eigenvalue weighted by Crippen LogP contribution is -2.65. The molecule has 0 bridgehead atoms. The molecule has 438 valence electrons. The average Bonchev–Trinajstić information content (AvgIpc) is 3.47. The Hall–Kier alpha value is -4.39. The van der Waals surface area contributed by atoms with Gasteiger partial charge in [-0.2, -0.15) is 0 Å². The highest BCUT2D eigenvalue weighted by atomic mass is 16.7. The summed E-state index contributed by atoms with van der Waals surface area (Å²) in [5, 5.41) is 86.7. The van der Waals surface area contributed by atoms with Crippen LogP contribution in [0.5, 0.6) is 0 Å². The molecule has 2 fully saturated rings. The van der Waals surface area contributed by atoms with Crippen LogP contribution in [-0.4, -0.2) is 140 Å². The zero-order chi connectivity index (χ0) is 56.7. The summed E-state index contributed by atoms with van der Waals surface area (Å²) < 4.78 is 22.6. The molecule has 0 spiro atoms. The van der Waals surface area contributed by atoms with Crippen molar-refractivity contribution in [2.24, 2.45) is 0 Å². The average molecular weight is 1090 g/mol. The Labute approximate surface area is 467 Å². The standard InChI is InChI=1S/C64H99NO13/c1-3-5-7-9-11-13-15-16-17-18-19-20-21-22-23-24-25-26-27-28-29-30-31-32-33-34-35-36-38-40-42-44-46-48-56(69)65-52(53(68)47-45-43-41-39-37-14-12-10-8-6-4-2)51-75-63-61(74)59(72)62(55(50-67)77-63)78-64-60(73)58(71)57(70)54(49-66)76-64/h5,7-8,10-11,13,16-17,19-20,22-23,25-26,28-29,31-32,34-35,37-40,45,47,52-55,57-64,66-68,70-74H,3-4,6,9,12,14-15,18,21,24,27,30,33,36,41-44,46,48-51H2,1-2H3,(H,65,69)/b7-5-,10-8+,13-11-,17-16-,20-19-,23-22-,26-25-,29-28-,32-31-,35-34-,39-37+,40-38-,47-45+. The summed E-state index contributed by atoms with van der Waals surface area (Å²) in [5.74, 6) is -0.307. The summed E-state index contributed by atoms with van der Waals surface area (Å²) in [6.45, 7) is 2.50. The van der Waals surface area contributed by atoms with Crippen LogP contribution in [0.3, 0.4) is 0 Å². The molecule has 0 aromatic carbocycles. The van der Waals surface area contributed by atoms with Crippen molar-refractivity contribution in [3.05, 3.63) is 158 Å². The lowest BCUT2D eigenvalue weighted by molar-refractivity contribution is -0.359. The molecule has 12 unspecified atom stereocenters. The number of unbranched alkanes of at least 4 members (excludes halogenated alkanes) is 5. The third-order valence-corrected chi connectivity index (χ3v) is 12.7. The van der Waals surface area contributed by atoms with E-state index < -0.39 is 86.8 Å². The Morgan fingerprint density at radius 2 is 0.885 bits per heavy atom. The number of amides is 1. The van der Waals surface area contributed by atoms with Gasteiger partial charge in [-0.15, -0.1) is 0 Å². The molecule has 1 amide bonds. The van der Waals surface area contributed by atoms with E-state index in [1.54, 1.807) is 6.08 Å². The van der Waals surface area contributed by atoms with E-state index in [2.05, 4.69) is 165 Å². The van der Waals surface area contributed by atoms with Gasteiger partial charge in [0.15, 0.2) is 12.6 Å². The van der Waals surface area contributed by atoms with E-state index in [1.807, 2.05) is 6.08 Å². The molecular weight excluding hydrogens is 991 g/mol. The fraction of sp³-hybridized carbons (Fsp3) is 0.578. The molecule has 2 aliphatic heterocycles. The van der Waals surface area contributed by atoms with Gasteiger partial charge in [-0.3, -0.25) is 4.79 Å². The summed E-state index contributed by atoms with van der Waals surface area (Å²) in [4.78, 5) is 13.2. The number of aliphatic hydroxyl groups is 8. The molecule has 9 N–H and O–H groups in total. The van der Waals surface area contributed by atoms with Gasteiger partial charge in [0.2, 0.25) is 5.91 Å². The van der Waals surface area contributed by atoms with Crippen molar-refractivity contribution < 1.29 is 64.6 Å². The minimum absolute atomic E-state index is 0.202. The van der Waals surface area contributed by atoms with Crippen molar-refractivity contribution in [1.82, 2.24) is 5.32 Å². The van der Waals surface area contributed by atoms with E-state index >= 15 is 0 Å². The van der Waals surface area contributed by atoms with Crippen LogP contribution in [0.2, 0.25) is 0 Å². The van der Waals surface area contributed by atoms with Crippen LogP contribution in [0.15, 0.2) is 158 Å². The van der Waals surface area contributed by atoms with E-state index in [0.29, 0.717) is 12.8 Å². The fourth-order valence-electron chi connectivity index (χ4n) is 8.06. The molecule has 2 heterocycles. The lowest BCUT2D eigenvalue weighted by atomic mass is 9.97. The van der Waals surface area contributed by atoms with E-state index in [9.17, 15) is 45.6 Å². The molecule has 0 aliphatic carbocycles. The second-order valence-corrected chi connectivity index (χ2v) is 19.3. The highest BCUT2D eigenvalue weighted by Gasteiger charge is 2.51. The molecule has 0 saturated carbocycles. The molecule has 2 rings (SSSR count). The normalized spacial score (nSPS) is 25.8. The van der Waals surface area contributed by atoms with Gasteiger partial charge in [-0.05, 0) is 116 Å². The number of rotatable bonds is 42. The van der Waals surface area contributed by atoms with Gasteiger partial charge < -0.3 is 65.1 Å². The number of allylic oxidation sites excluding steroid dienone is 25. The van der Waals surface area contributed by atoms with E-state index in [-0.39, 0.29) is 18.9 Å². The van der Waals surface area contributed by atoms with E-state index in [0.717, 1.165) is 109 Å². The number of carbonyl (C=O) groups excluding carboxylic acids is 1. The van der Waals surface area contributed by atoms with Crippen molar-refractivity contribution in [2.45, 2.75) is 216 Å². The predicted molar refractivity (Wildman–Crippen MR) is 313 cm³/mol. The first-order chi connectivity index (χ1) is 38.1. The Balaban J connectivity index is 1.74. The highest BCUT2D eigenvalue weighted by molar-refractivity contribution is 5.76. The van der Waals surface area contributed by atoms with Gasteiger partial charge in [0.05, 0.1) is 32.0 Å². The first-order valence-corrected chi connectivity index (χ1v) is 28.7. The second-order valence-electron chi connectivity index (χ2n) is 19.3. The Kier molecular flexibility index (Phi) is 42.4. The number of aliphatic hydroxyl groups excluding tert-OH is 8. The quantitative estimate of drug-likeness (QED) is 0.0205. The van der Waals surface area contributed by atoms with Gasteiger partial charge in [0.25, 0.3) is 0 Å². The lowest BCUT2D eigenvalue weighted by Gasteiger charge is -2.46. The van der Waals surface area contributed by atoms with Crippen LogP contribution >= 0.6 is 0 Å². The monoisotopic (exact) mass is 1090 g/mol. The maximum Gasteiger partial charge on any atom is 0.220 e. The smallest absolute Gasteiger partial charge is 0.220 e. The van der Waals surface area contributed by atoms with Crippen molar-refractivity contribution in [3.8, 4) is 0 Å². The molecule has 0 aromatic heterocycles. The van der Waals surface area contributed by atoms with E-state index in [4.69, 9.17) is 18.9 Å². The van der Waals surface area contributed by atoms with Gasteiger partial charge in [0.1, 0.15) is 48.8 Å². The van der Waals surface area contributed by atoms with Gasteiger partial charge in [0, 0.05) is 6.42 Å². The zero-order valence-electron chi connectivity index (χ0n) is 46.8. The molecule has 2 aliphatic rings. The summed E-state index contributed by atoms with van der Waals surface area (Å²) in [7, 11) is 0. The van der Waals surface area contributed by atoms with Gasteiger partial charge in [-0.1, -0.05) is 178 Å². The van der Waals surface area contributed by atoms with Crippen molar-refractivity contribution >= 4 is 5.91 Å². The maximum absolute atomic E-state index is 13.2. The van der Waals surface area contributed by atoms with Crippen LogP contribution in [-0.2, 0) is 23.7 Å². The van der Waals surface area contributed by atoms with Crippen molar-refractivity contribution in [2.75, 3.05) is 19.8 Å². The maximum atomic E-state index is 13.2. The van der Waals surface area contributed by atoms with Gasteiger partial charge in [-0.25, -0.2) is 0 Å². The molecule has 0 aromatic rings. The number of hydrogen-bond acceptors (Lipinski definition) is 13. The summed E-state index contributed by atoms with van der Waals surface area (Å²) >= 11 is 0. The van der Waals surface area contributed by atoms with Crippen LogP contribution in [0.25, 0.3) is 0 Å². The zero-order valence-corrected chi connectivity index (χ0v) is 46.8. The second kappa shape index (κ2) is 47.4. The highest BCUT2D eigenvalue weighted by Crippen LogP contribution is 2.30. The van der Waals surface area contributed by atoms with Crippen molar-refractivity contribution in [1.29, 1.82) is 0 Å². The molecule has 12 atom stereocenters. The third-order valence-electron chi connectivity index (χ3n) is 12.7. The molecule has 78 heavy (non-hydrogen) atoms. The molecule has 14 nitrogen and oxygen atoms in total. The first-order valence-electron chi connectivity index (χ1n) is 28.7. The number of carbonyl (C=O) groups is 1. The minimum atomic E-state index is -1.80. The van der Waals surface area contributed by atoms with Crippen LogP contribution in [0.4, 0.5) is 0 Å². The molecule has 2 saturated heterocycles. The fourth-order valence-corrected chi connectivity index (χ4v) is 8.06. The summed E-state index contributed by atoms with van der Waals surface area (Å²) in [5.41, 5.74) is 0. The first kappa shape index (κ1) is 69.7. The topological polar surface area (TPSA) is 228 Å². The number of hydrogen-bond donors (Lipinski definition) is 9. The van der Waals surface area contributed by atoms with Crippen LogP contribution in [0, 0.1) is 0 Å². The Morgan fingerprint density at radius 1 is 0.474 bits per heavy atom. The molecule has 14 heteroatoms. The number of nitrogens with one attached hydrogen (secondary N) is 1. The van der Waals surface area contributed by atoms with Crippen molar-refractivity contribution in [3.63, 3.8) is 0 Å². The molecule has 0 radical (unpaired) electrons.